The molecular weight excluding hydrogens is 292 g/mol. The molecule has 7 nitrogen and oxygen atoms in total. The van der Waals surface area contributed by atoms with Gasteiger partial charge in [0, 0.05) is 25.4 Å². The first kappa shape index (κ1) is 13.6. The number of hydrogen-bond acceptors (Lipinski definition) is 6. The van der Waals surface area contributed by atoms with Gasteiger partial charge in [-0.1, -0.05) is 6.07 Å². The van der Waals surface area contributed by atoms with Gasteiger partial charge in [0.05, 0.1) is 11.8 Å². The van der Waals surface area contributed by atoms with E-state index in [4.69, 9.17) is 0 Å². The van der Waals surface area contributed by atoms with Gasteiger partial charge in [-0.05, 0) is 11.4 Å². The maximum absolute atomic E-state index is 12.2. The molecule has 8 heteroatoms. The third-order valence-corrected chi connectivity index (χ3v) is 4.55. The Balaban J connectivity index is 2.04. The number of hydrogen-bond donors (Lipinski definition) is 2. The van der Waals surface area contributed by atoms with E-state index in [2.05, 4.69) is 10.5 Å². The number of hydrazone groups is 1. The van der Waals surface area contributed by atoms with E-state index >= 15 is 0 Å². The van der Waals surface area contributed by atoms with Crippen molar-refractivity contribution in [3.8, 4) is 5.88 Å². The van der Waals surface area contributed by atoms with Crippen LogP contribution in [0, 0.1) is 0 Å². The van der Waals surface area contributed by atoms with Gasteiger partial charge < -0.3 is 10.5 Å². The predicted octanol–water partition coefficient (Wildman–Crippen LogP) is 0.290. The second kappa shape index (κ2) is 4.88. The average Bonchev–Trinajstić information content (AvgIpc) is 3.14. The van der Waals surface area contributed by atoms with E-state index in [9.17, 15) is 14.7 Å². The molecule has 0 aliphatic carbocycles. The van der Waals surface area contributed by atoms with Crippen molar-refractivity contribution in [2.75, 3.05) is 0 Å². The zero-order valence-corrected chi connectivity index (χ0v) is 12.3. The SMILES string of the molecule is Cn1c(O)c(C2=NN[C@H](c3cccs3)C2)c(=O)n(C)c1=O. The normalized spacial score (nSPS) is 17.6. The number of aromatic nitrogens is 2. The minimum Gasteiger partial charge on any atom is -0.494 e. The van der Waals surface area contributed by atoms with Gasteiger partial charge in [0.25, 0.3) is 5.56 Å². The molecule has 110 valence electrons. The topological polar surface area (TPSA) is 88.6 Å². The standard InChI is InChI=1S/C13H14N4O3S/c1-16-11(18)10(12(19)17(2)13(16)20)8-6-7(14-15-8)9-4-3-5-21-9/h3-5,7,14,18H,6H2,1-2H3/t7-/m0/s1. The lowest BCUT2D eigenvalue weighted by Gasteiger charge is -2.10. The van der Waals surface area contributed by atoms with Gasteiger partial charge in [-0.25, -0.2) is 4.79 Å². The van der Waals surface area contributed by atoms with E-state index in [0.717, 1.165) is 14.0 Å². The zero-order chi connectivity index (χ0) is 15.1. The summed E-state index contributed by atoms with van der Waals surface area (Å²) in [6.07, 6.45) is 0.488. The maximum Gasteiger partial charge on any atom is 0.333 e. The molecule has 2 aromatic rings. The smallest absolute Gasteiger partial charge is 0.333 e. The van der Waals surface area contributed by atoms with Crippen LogP contribution in [0.1, 0.15) is 22.9 Å². The van der Waals surface area contributed by atoms with Crippen molar-refractivity contribution in [3.63, 3.8) is 0 Å². The van der Waals surface area contributed by atoms with Crippen LogP contribution in [-0.2, 0) is 14.1 Å². The van der Waals surface area contributed by atoms with Crippen molar-refractivity contribution >= 4 is 17.0 Å². The molecule has 1 aliphatic rings. The van der Waals surface area contributed by atoms with E-state index in [1.807, 2.05) is 17.5 Å². The van der Waals surface area contributed by atoms with Crippen molar-refractivity contribution in [2.45, 2.75) is 12.5 Å². The van der Waals surface area contributed by atoms with Crippen LogP contribution in [0.3, 0.4) is 0 Å². The predicted molar refractivity (Wildman–Crippen MR) is 79.9 cm³/mol. The largest absolute Gasteiger partial charge is 0.494 e. The molecule has 0 radical (unpaired) electrons. The second-order valence-corrected chi connectivity index (χ2v) is 5.84. The number of aromatic hydroxyl groups is 1. The molecule has 0 bridgehead atoms. The van der Waals surface area contributed by atoms with Crippen LogP contribution >= 0.6 is 11.3 Å². The van der Waals surface area contributed by atoms with E-state index in [0.29, 0.717) is 12.1 Å². The summed E-state index contributed by atoms with van der Waals surface area (Å²) in [4.78, 5) is 25.1. The molecule has 2 N–H and O–H groups in total. The Morgan fingerprint density at radius 2 is 2.14 bits per heavy atom. The summed E-state index contributed by atoms with van der Waals surface area (Å²) in [6.45, 7) is 0. The number of rotatable bonds is 2. The Morgan fingerprint density at radius 3 is 2.81 bits per heavy atom. The lowest BCUT2D eigenvalue weighted by Crippen LogP contribution is -2.39. The highest BCUT2D eigenvalue weighted by Crippen LogP contribution is 2.28. The van der Waals surface area contributed by atoms with Gasteiger partial charge in [0.15, 0.2) is 0 Å². The van der Waals surface area contributed by atoms with E-state index in [-0.39, 0.29) is 17.5 Å². The van der Waals surface area contributed by atoms with E-state index in [1.165, 1.54) is 14.1 Å². The summed E-state index contributed by atoms with van der Waals surface area (Å²) >= 11 is 1.60. The summed E-state index contributed by atoms with van der Waals surface area (Å²) in [7, 11) is 2.80. The van der Waals surface area contributed by atoms with Crippen molar-refractivity contribution in [1.29, 1.82) is 0 Å². The molecule has 0 amide bonds. The van der Waals surface area contributed by atoms with Crippen LogP contribution in [0.25, 0.3) is 0 Å². The van der Waals surface area contributed by atoms with Crippen molar-refractivity contribution in [3.05, 3.63) is 48.8 Å². The molecule has 0 spiro atoms. The Labute approximate surface area is 123 Å². The third-order valence-electron chi connectivity index (χ3n) is 3.56. The Hall–Kier alpha value is -2.35. The van der Waals surface area contributed by atoms with Crippen molar-refractivity contribution in [2.24, 2.45) is 19.2 Å². The van der Waals surface area contributed by atoms with Crippen molar-refractivity contribution < 1.29 is 5.11 Å². The minimum absolute atomic E-state index is 0.0126. The number of nitrogens with one attached hydrogen (secondary N) is 1. The molecule has 3 heterocycles. The molecule has 2 aromatic heterocycles. The fourth-order valence-corrected chi connectivity index (χ4v) is 3.11. The fraction of sp³-hybridized carbons (Fsp3) is 0.308. The quantitative estimate of drug-likeness (QED) is 0.834. The van der Waals surface area contributed by atoms with Crippen LogP contribution in [0.15, 0.2) is 32.2 Å². The molecule has 0 saturated heterocycles. The first-order chi connectivity index (χ1) is 10.0. The van der Waals surface area contributed by atoms with Crippen LogP contribution in [0.5, 0.6) is 5.88 Å². The first-order valence-corrected chi connectivity index (χ1v) is 7.23. The summed E-state index contributed by atoms with van der Waals surface area (Å²) < 4.78 is 2.01. The highest BCUT2D eigenvalue weighted by atomic mass is 32.1. The van der Waals surface area contributed by atoms with Gasteiger partial charge in [-0.3, -0.25) is 13.9 Å². The van der Waals surface area contributed by atoms with E-state index < -0.39 is 11.2 Å². The van der Waals surface area contributed by atoms with Gasteiger partial charge >= 0.3 is 5.69 Å². The second-order valence-electron chi connectivity index (χ2n) is 4.86. The Morgan fingerprint density at radius 1 is 1.38 bits per heavy atom. The molecule has 1 atom stereocenters. The summed E-state index contributed by atoms with van der Waals surface area (Å²) in [5.41, 5.74) is 2.40. The lowest BCUT2D eigenvalue weighted by molar-refractivity contribution is 0.410. The molecule has 3 rings (SSSR count). The van der Waals surface area contributed by atoms with Crippen LogP contribution in [-0.4, -0.2) is 20.0 Å². The summed E-state index contributed by atoms with van der Waals surface area (Å²) in [5, 5.41) is 16.2. The fourth-order valence-electron chi connectivity index (χ4n) is 2.34. The highest BCUT2D eigenvalue weighted by molar-refractivity contribution is 7.10. The van der Waals surface area contributed by atoms with Gasteiger partial charge in [0.1, 0.15) is 5.56 Å². The average molecular weight is 306 g/mol. The molecule has 21 heavy (non-hydrogen) atoms. The molecule has 0 fully saturated rings. The Bertz CT molecular complexity index is 832. The summed E-state index contributed by atoms with van der Waals surface area (Å²) in [6, 6.07) is 3.92. The summed E-state index contributed by atoms with van der Waals surface area (Å²) in [5.74, 6) is -0.351. The maximum atomic E-state index is 12.2. The molecule has 0 saturated carbocycles. The van der Waals surface area contributed by atoms with E-state index in [1.54, 1.807) is 11.3 Å². The highest BCUT2D eigenvalue weighted by Gasteiger charge is 2.27. The Kier molecular flexibility index (Phi) is 3.17. The molecular formula is C13H14N4O3S. The monoisotopic (exact) mass is 306 g/mol. The van der Waals surface area contributed by atoms with Crippen LogP contribution < -0.4 is 16.7 Å². The minimum atomic E-state index is -0.567. The van der Waals surface area contributed by atoms with Gasteiger partial charge in [0.2, 0.25) is 5.88 Å². The van der Waals surface area contributed by atoms with Crippen LogP contribution in [0.4, 0.5) is 0 Å². The van der Waals surface area contributed by atoms with Crippen LogP contribution in [0.2, 0.25) is 0 Å². The lowest BCUT2D eigenvalue weighted by atomic mass is 10.1. The first-order valence-electron chi connectivity index (χ1n) is 6.35. The third kappa shape index (κ3) is 2.07. The molecule has 0 aromatic carbocycles. The molecule has 0 unspecified atom stereocenters. The number of thiophene rings is 1. The van der Waals surface area contributed by atoms with Crippen molar-refractivity contribution in [1.82, 2.24) is 14.6 Å². The van der Waals surface area contributed by atoms with Gasteiger partial charge in [-0.2, -0.15) is 5.10 Å². The van der Waals surface area contributed by atoms with Gasteiger partial charge in [-0.15, -0.1) is 11.3 Å². The number of nitrogens with zero attached hydrogens (tertiary/aromatic N) is 3. The molecule has 1 aliphatic heterocycles. The zero-order valence-electron chi connectivity index (χ0n) is 11.5.